The van der Waals surface area contributed by atoms with Crippen LogP contribution in [-0.2, 0) is 11.3 Å². The topological polar surface area (TPSA) is 77.2 Å². The van der Waals surface area contributed by atoms with Gasteiger partial charge in [-0.05, 0) is 24.3 Å². The van der Waals surface area contributed by atoms with Crippen LogP contribution in [0.2, 0.25) is 9.36 Å². The van der Waals surface area contributed by atoms with Crippen LogP contribution < -0.4 is 5.32 Å². The van der Waals surface area contributed by atoms with Crippen molar-refractivity contribution in [3.63, 3.8) is 0 Å². The third kappa shape index (κ3) is 3.53. The first-order valence-electron chi connectivity index (χ1n) is 6.76. The first kappa shape index (κ1) is 16.8. The summed E-state index contributed by atoms with van der Waals surface area (Å²) in [5, 5.41) is 3.12. The fourth-order valence-corrected chi connectivity index (χ4v) is 3.13. The molecule has 1 N–H and O–H groups in total. The van der Waals surface area contributed by atoms with E-state index in [1.807, 2.05) is 6.07 Å². The summed E-state index contributed by atoms with van der Waals surface area (Å²) in [6.07, 6.45) is 1.57. The van der Waals surface area contributed by atoms with Crippen molar-refractivity contribution in [1.29, 1.82) is 0 Å². The molecule has 3 aromatic heterocycles. The van der Waals surface area contributed by atoms with Gasteiger partial charge in [-0.15, -0.1) is 11.3 Å². The lowest BCUT2D eigenvalue weighted by Gasteiger charge is -2.10. The van der Waals surface area contributed by atoms with Crippen molar-refractivity contribution >= 4 is 46.3 Å². The summed E-state index contributed by atoms with van der Waals surface area (Å²) in [6.45, 7) is 0.356. The Labute approximate surface area is 151 Å². The van der Waals surface area contributed by atoms with Crippen molar-refractivity contribution in [1.82, 2.24) is 9.97 Å². The maximum atomic E-state index is 11.9. The molecule has 0 spiro atoms. The van der Waals surface area contributed by atoms with E-state index >= 15 is 0 Å². The Bertz CT molecular complexity index is 865. The van der Waals surface area contributed by atoms with Gasteiger partial charge in [0.15, 0.2) is 11.5 Å². The molecule has 0 aliphatic heterocycles. The zero-order chi connectivity index (χ0) is 17.1. The number of nitrogens with zero attached hydrogens (tertiary/aromatic N) is 2. The number of nitrogens with one attached hydrogen (secondary N) is 1. The van der Waals surface area contributed by atoms with E-state index in [9.17, 15) is 4.79 Å². The molecule has 0 fully saturated rings. The molecule has 0 saturated heterocycles. The van der Waals surface area contributed by atoms with Gasteiger partial charge in [0.25, 0.3) is 0 Å². The lowest BCUT2D eigenvalue weighted by atomic mass is 10.3. The van der Waals surface area contributed by atoms with E-state index in [-0.39, 0.29) is 10.7 Å². The molecule has 0 bridgehead atoms. The lowest BCUT2D eigenvalue weighted by Crippen LogP contribution is -2.11. The van der Waals surface area contributed by atoms with Gasteiger partial charge < -0.3 is 14.5 Å². The van der Waals surface area contributed by atoms with E-state index in [1.54, 1.807) is 24.5 Å². The predicted molar refractivity (Wildman–Crippen MR) is 92.7 cm³/mol. The summed E-state index contributed by atoms with van der Waals surface area (Å²) in [6, 6.07) is 7.09. The molecule has 9 heteroatoms. The highest BCUT2D eigenvalue weighted by Gasteiger charge is 2.21. The van der Waals surface area contributed by atoms with Crippen LogP contribution in [-0.4, -0.2) is 23.0 Å². The van der Waals surface area contributed by atoms with Crippen LogP contribution in [0.25, 0.3) is 10.7 Å². The zero-order valence-electron chi connectivity index (χ0n) is 12.4. The van der Waals surface area contributed by atoms with Crippen molar-refractivity contribution in [2.45, 2.75) is 6.54 Å². The largest absolute Gasteiger partial charge is 0.467 e. The Balaban J connectivity index is 2.00. The maximum Gasteiger partial charge on any atom is 0.358 e. The van der Waals surface area contributed by atoms with Crippen LogP contribution in [0, 0.1) is 0 Å². The molecule has 0 unspecified atom stereocenters. The van der Waals surface area contributed by atoms with Crippen molar-refractivity contribution in [3.05, 3.63) is 51.3 Å². The first-order valence-corrected chi connectivity index (χ1v) is 8.33. The molecule has 0 atom stereocenters. The zero-order valence-corrected chi connectivity index (χ0v) is 14.7. The van der Waals surface area contributed by atoms with Crippen LogP contribution in [0.15, 0.2) is 34.9 Å². The number of hydrogen-bond acceptors (Lipinski definition) is 7. The van der Waals surface area contributed by atoms with E-state index < -0.39 is 5.97 Å². The molecule has 0 aliphatic rings. The van der Waals surface area contributed by atoms with Gasteiger partial charge in [0.1, 0.15) is 16.6 Å². The SMILES string of the molecule is COC(=O)c1nc(-c2ccc(Cl)s2)nc(NCc2ccco2)c1Cl. The smallest absolute Gasteiger partial charge is 0.358 e. The summed E-state index contributed by atoms with van der Waals surface area (Å²) in [7, 11) is 1.26. The van der Waals surface area contributed by atoms with Gasteiger partial charge in [-0.25, -0.2) is 14.8 Å². The van der Waals surface area contributed by atoms with Gasteiger partial charge in [0, 0.05) is 0 Å². The number of carbonyl (C=O) groups excluding carboxylic acids is 1. The fraction of sp³-hybridized carbons (Fsp3) is 0.133. The molecule has 0 aliphatic carbocycles. The van der Waals surface area contributed by atoms with Crippen molar-refractivity contribution in [3.8, 4) is 10.7 Å². The van der Waals surface area contributed by atoms with E-state index in [0.29, 0.717) is 33.2 Å². The molecule has 3 aromatic rings. The molecule has 6 nitrogen and oxygen atoms in total. The number of esters is 1. The number of anilines is 1. The number of rotatable bonds is 5. The van der Waals surface area contributed by atoms with Crippen LogP contribution in [0.1, 0.15) is 16.2 Å². The highest BCUT2D eigenvalue weighted by atomic mass is 35.5. The predicted octanol–water partition coefficient (Wildman–Crippen LogP) is 4.50. The normalized spacial score (nSPS) is 10.6. The van der Waals surface area contributed by atoms with E-state index in [4.69, 9.17) is 32.4 Å². The van der Waals surface area contributed by atoms with Gasteiger partial charge in [-0.2, -0.15) is 0 Å². The van der Waals surface area contributed by atoms with Crippen LogP contribution in [0.3, 0.4) is 0 Å². The molecular formula is C15H11Cl2N3O3S. The molecule has 0 amide bonds. The van der Waals surface area contributed by atoms with E-state index in [0.717, 1.165) is 0 Å². The third-order valence-electron chi connectivity index (χ3n) is 3.03. The quantitative estimate of drug-likeness (QED) is 0.653. The Hall–Kier alpha value is -2.09. The molecule has 3 heterocycles. The summed E-state index contributed by atoms with van der Waals surface area (Å²) < 4.78 is 10.6. The average molecular weight is 384 g/mol. The van der Waals surface area contributed by atoms with Crippen LogP contribution in [0.4, 0.5) is 5.82 Å². The van der Waals surface area contributed by atoms with Gasteiger partial charge in [-0.3, -0.25) is 0 Å². The van der Waals surface area contributed by atoms with Gasteiger partial charge >= 0.3 is 5.97 Å². The van der Waals surface area contributed by atoms with Gasteiger partial charge in [0.2, 0.25) is 0 Å². The van der Waals surface area contributed by atoms with E-state index in [2.05, 4.69) is 15.3 Å². The van der Waals surface area contributed by atoms with Crippen molar-refractivity contribution in [2.75, 3.05) is 12.4 Å². The molecule has 124 valence electrons. The standard InChI is InChI=1S/C15H11Cl2N3O3S/c1-22-15(21)12-11(17)14(18-7-8-3-2-6-23-8)20-13(19-12)9-4-5-10(16)24-9/h2-6H,7H2,1H3,(H,18,19,20). The highest BCUT2D eigenvalue weighted by Crippen LogP contribution is 2.32. The number of ether oxygens (including phenoxy) is 1. The second-order valence-electron chi connectivity index (χ2n) is 4.59. The Kier molecular flexibility index (Phi) is 5.03. The maximum absolute atomic E-state index is 11.9. The minimum Gasteiger partial charge on any atom is -0.467 e. The Morgan fingerprint density at radius 1 is 1.33 bits per heavy atom. The fourth-order valence-electron chi connectivity index (χ4n) is 1.92. The number of halogens is 2. The Morgan fingerprint density at radius 2 is 2.17 bits per heavy atom. The molecule has 0 aromatic carbocycles. The number of hydrogen-bond donors (Lipinski definition) is 1. The van der Waals surface area contributed by atoms with Crippen molar-refractivity contribution < 1.29 is 13.9 Å². The van der Waals surface area contributed by atoms with E-state index in [1.165, 1.54) is 18.4 Å². The molecule has 0 saturated carbocycles. The molecule has 0 radical (unpaired) electrons. The van der Waals surface area contributed by atoms with Crippen LogP contribution >= 0.6 is 34.5 Å². The third-order valence-corrected chi connectivity index (χ3v) is 4.62. The first-order chi connectivity index (χ1) is 11.6. The van der Waals surface area contributed by atoms with Crippen LogP contribution in [0.5, 0.6) is 0 Å². The molecule has 24 heavy (non-hydrogen) atoms. The summed E-state index contributed by atoms with van der Waals surface area (Å²) in [4.78, 5) is 21.2. The van der Waals surface area contributed by atoms with Crippen molar-refractivity contribution in [2.24, 2.45) is 0 Å². The number of thiophene rings is 1. The number of methoxy groups -OCH3 is 1. The van der Waals surface area contributed by atoms with Gasteiger partial charge in [-0.1, -0.05) is 23.2 Å². The Morgan fingerprint density at radius 3 is 2.79 bits per heavy atom. The summed E-state index contributed by atoms with van der Waals surface area (Å²) >= 11 is 13.5. The second-order valence-corrected chi connectivity index (χ2v) is 6.68. The minimum absolute atomic E-state index is 0.0179. The van der Waals surface area contributed by atoms with Gasteiger partial charge in [0.05, 0.1) is 29.1 Å². The number of furan rings is 1. The number of carbonyl (C=O) groups is 1. The lowest BCUT2D eigenvalue weighted by molar-refractivity contribution is 0.0594. The monoisotopic (exact) mass is 383 g/mol. The second kappa shape index (κ2) is 7.21. The summed E-state index contributed by atoms with van der Waals surface area (Å²) in [5.41, 5.74) is -0.0179. The summed E-state index contributed by atoms with van der Waals surface area (Å²) in [5.74, 6) is 0.694. The molecular weight excluding hydrogens is 373 g/mol. The number of aromatic nitrogens is 2. The minimum atomic E-state index is -0.646. The molecule has 3 rings (SSSR count). The average Bonchev–Trinajstić information content (AvgIpc) is 3.24. The highest BCUT2D eigenvalue weighted by molar-refractivity contribution is 7.19.